The molecule has 0 bridgehead atoms. The Labute approximate surface area is 117 Å². The number of benzene rings is 1. The molecule has 20 heavy (non-hydrogen) atoms. The maximum atomic E-state index is 11.9. The molecule has 0 fully saturated rings. The number of aliphatic hydroxyl groups excluding tert-OH is 1. The number of rotatable bonds is 6. The molecule has 0 unspecified atom stereocenters. The fourth-order valence-electron chi connectivity index (χ4n) is 1.73. The van der Waals surface area contributed by atoms with Crippen LogP contribution in [0.4, 0.5) is 0 Å². The van der Waals surface area contributed by atoms with E-state index in [1.807, 2.05) is 0 Å². The molecule has 2 rings (SSSR count). The molecule has 1 aromatic heterocycles. The van der Waals surface area contributed by atoms with E-state index in [2.05, 4.69) is 14.8 Å². The molecule has 2 aromatic rings. The third-order valence-electron chi connectivity index (χ3n) is 2.63. The molecule has 0 radical (unpaired) electrons. The molecule has 7 nitrogen and oxygen atoms in total. The molecule has 0 aliphatic rings. The Morgan fingerprint density at radius 3 is 2.75 bits per heavy atom. The molecule has 0 saturated heterocycles. The van der Waals surface area contributed by atoms with Crippen LogP contribution in [0.25, 0.3) is 0 Å². The number of hydrogen-bond acceptors (Lipinski definition) is 5. The van der Waals surface area contributed by atoms with Crippen LogP contribution in [0.5, 0.6) is 0 Å². The standard InChI is InChI=1S/C12H16N4O3S/c1-16-9-13-12(15-16)6-14-20(18,19)8-11-4-2-3-10(5-11)7-17/h2-5,9,14,17H,6-8H2,1H3. The van der Waals surface area contributed by atoms with E-state index in [9.17, 15) is 8.42 Å². The zero-order valence-corrected chi connectivity index (χ0v) is 11.8. The Balaban J connectivity index is 1.99. The van der Waals surface area contributed by atoms with Crippen molar-refractivity contribution < 1.29 is 13.5 Å². The van der Waals surface area contributed by atoms with Crippen LogP contribution in [0.3, 0.4) is 0 Å². The van der Waals surface area contributed by atoms with E-state index in [1.165, 1.54) is 11.0 Å². The Hall–Kier alpha value is -1.77. The van der Waals surface area contributed by atoms with Gasteiger partial charge in [0.15, 0.2) is 5.82 Å². The monoisotopic (exact) mass is 296 g/mol. The lowest BCUT2D eigenvalue weighted by molar-refractivity contribution is 0.282. The molecule has 0 amide bonds. The summed E-state index contributed by atoms with van der Waals surface area (Å²) in [6, 6.07) is 6.83. The molecule has 1 aromatic carbocycles. The number of hydrogen-bond donors (Lipinski definition) is 2. The molecular weight excluding hydrogens is 280 g/mol. The number of sulfonamides is 1. The zero-order chi connectivity index (χ0) is 14.6. The van der Waals surface area contributed by atoms with E-state index in [1.54, 1.807) is 31.3 Å². The van der Waals surface area contributed by atoms with Gasteiger partial charge in [0.25, 0.3) is 0 Å². The van der Waals surface area contributed by atoms with Gasteiger partial charge in [0, 0.05) is 7.05 Å². The number of nitrogens with zero attached hydrogens (tertiary/aromatic N) is 3. The summed E-state index contributed by atoms with van der Waals surface area (Å²) in [5.74, 6) is 0.272. The molecule has 0 spiro atoms. The second-order valence-corrected chi connectivity index (χ2v) is 6.20. The number of aryl methyl sites for hydroxylation is 1. The van der Waals surface area contributed by atoms with Crippen LogP contribution in [0, 0.1) is 0 Å². The minimum atomic E-state index is -3.47. The summed E-state index contributed by atoms with van der Waals surface area (Å²) in [5, 5.41) is 13.0. The topological polar surface area (TPSA) is 97.1 Å². The molecule has 0 atom stereocenters. The zero-order valence-electron chi connectivity index (χ0n) is 11.0. The van der Waals surface area contributed by atoms with Crippen molar-refractivity contribution in [2.75, 3.05) is 0 Å². The van der Waals surface area contributed by atoms with Crippen molar-refractivity contribution in [2.45, 2.75) is 18.9 Å². The summed E-state index contributed by atoms with van der Waals surface area (Å²) in [7, 11) is -1.76. The summed E-state index contributed by atoms with van der Waals surface area (Å²) in [5.41, 5.74) is 1.31. The molecule has 0 aliphatic heterocycles. The molecule has 2 N–H and O–H groups in total. The second kappa shape index (κ2) is 6.12. The largest absolute Gasteiger partial charge is 0.392 e. The van der Waals surface area contributed by atoms with Gasteiger partial charge in [-0.05, 0) is 11.1 Å². The van der Waals surface area contributed by atoms with E-state index in [0.29, 0.717) is 17.0 Å². The van der Waals surface area contributed by atoms with Crippen LogP contribution in [0.2, 0.25) is 0 Å². The minimum absolute atomic E-state index is 0.0584. The summed E-state index contributed by atoms with van der Waals surface area (Å²) in [4.78, 5) is 3.95. The predicted molar refractivity (Wildman–Crippen MR) is 72.8 cm³/mol. The van der Waals surface area contributed by atoms with Gasteiger partial charge in [-0.15, -0.1) is 0 Å². The van der Waals surface area contributed by atoms with Crippen LogP contribution < -0.4 is 4.72 Å². The first-order valence-electron chi connectivity index (χ1n) is 5.99. The molecule has 8 heteroatoms. The van der Waals surface area contributed by atoms with Gasteiger partial charge in [-0.25, -0.2) is 18.1 Å². The van der Waals surface area contributed by atoms with Gasteiger partial charge in [0.05, 0.1) is 18.9 Å². The minimum Gasteiger partial charge on any atom is -0.392 e. The highest BCUT2D eigenvalue weighted by atomic mass is 32.2. The lowest BCUT2D eigenvalue weighted by atomic mass is 10.1. The molecule has 108 valence electrons. The quantitative estimate of drug-likeness (QED) is 0.777. The van der Waals surface area contributed by atoms with Gasteiger partial charge in [-0.1, -0.05) is 24.3 Å². The van der Waals surface area contributed by atoms with Crippen molar-refractivity contribution in [1.82, 2.24) is 19.5 Å². The van der Waals surface area contributed by atoms with E-state index in [-0.39, 0.29) is 18.9 Å². The van der Waals surface area contributed by atoms with Gasteiger partial charge in [-0.2, -0.15) is 5.10 Å². The lowest BCUT2D eigenvalue weighted by Gasteiger charge is -2.06. The van der Waals surface area contributed by atoms with Crippen LogP contribution >= 0.6 is 0 Å². The van der Waals surface area contributed by atoms with Gasteiger partial charge >= 0.3 is 0 Å². The Bertz CT molecular complexity index is 682. The SMILES string of the molecule is Cn1cnc(CNS(=O)(=O)Cc2cccc(CO)c2)n1. The van der Waals surface area contributed by atoms with Crippen LogP contribution in [-0.2, 0) is 36.0 Å². The van der Waals surface area contributed by atoms with Crippen molar-refractivity contribution >= 4 is 10.0 Å². The van der Waals surface area contributed by atoms with Gasteiger partial charge in [0.2, 0.25) is 10.0 Å². The summed E-state index contributed by atoms with van der Waals surface area (Å²) < 4.78 is 27.8. The highest BCUT2D eigenvalue weighted by Gasteiger charge is 2.12. The van der Waals surface area contributed by atoms with Crippen molar-refractivity contribution in [3.05, 3.63) is 47.5 Å². The summed E-state index contributed by atoms with van der Waals surface area (Å²) in [6.45, 7) is -0.0535. The van der Waals surface area contributed by atoms with Crippen molar-refractivity contribution in [1.29, 1.82) is 0 Å². The summed E-state index contributed by atoms with van der Waals surface area (Å²) in [6.07, 6.45) is 1.51. The maximum Gasteiger partial charge on any atom is 0.216 e. The van der Waals surface area contributed by atoms with E-state index >= 15 is 0 Å². The molecule has 0 aliphatic carbocycles. The fraction of sp³-hybridized carbons (Fsp3) is 0.333. The third-order valence-corrected chi connectivity index (χ3v) is 3.93. The highest BCUT2D eigenvalue weighted by Crippen LogP contribution is 2.09. The highest BCUT2D eigenvalue weighted by molar-refractivity contribution is 7.88. The van der Waals surface area contributed by atoms with E-state index in [4.69, 9.17) is 5.11 Å². The Morgan fingerprint density at radius 2 is 2.10 bits per heavy atom. The van der Waals surface area contributed by atoms with Gasteiger partial charge < -0.3 is 5.11 Å². The van der Waals surface area contributed by atoms with Crippen molar-refractivity contribution in [3.8, 4) is 0 Å². The number of aliphatic hydroxyl groups is 1. The van der Waals surface area contributed by atoms with Crippen LogP contribution in [-0.4, -0.2) is 28.3 Å². The van der Waals surface area contributed by atoms with E-state index in [0.717, 1.165) is 0 Å². The normalized spacial score (nSPS) is 11.7. The fourth-order valence-corrected chi connectivity index (χ4v) is 2.80. The molecular formula is C12H16N4O3S. The predicted octanol–water partition coefficient (Wildman–Crippen LogP) is -0.0730. The number of aromatic nitrogens is 3. The lowest BCUT2D eigenvalue weighted by Crippen LogP contribution is -2.25. The molecule has 0 saturated carbocycles. The summed E-state index contributed by atoms with van der Waals surface area (Å²) >= 11 is 0. The smallest absolute Gasteiger partial charge is 0.216 e. The van der Waals surface area contributed by atoms with Crippen LogP contribution in [0.1, 0.15) is 17.0 Å². The van der Waals surface area contributed by atoms with Crippen molar-refractivity contribution in [3.63, 3.8) is 0 Å². The first-order chi connectivity index (χ1) is 9.48. The molecule has 1 heterocycles. The van der Waals surface area contributed by atoms with Crippen LogP contribution in [0.15, 0.2) is 30.6 Å². The maximum absolute atomic E-state index is 11.9. The first-order valence-corrected chi connectivity index (χ1v) is 7.64. The second-order valence-electron chi connectivity index (χ2n) is 4.39. The first kappa shape index (κ1) is 14.6. The Morgan fingerprint density at radius 1 is 1.35 bits per heavy atom. The van der Waals surface area contributed by atoms with Crippen molar-refractivity contribution in [2.24, 2.45) is 7.05 Å². The third kappa shape index (κ3) is 4.12. The average Bonchev–Trinajstić information content (AvgIpc) is 2.82. The number of nitrogens with one attached hydrogen (secondary N) is 1. The average molecular weight is 296 g/mol. The van der Waals surface area contributed by atoms with E-state index < -0.39 is 10.0 Å². The van der Waals surface area contributed by atoms with Gasteiger partial charge in [-0.3, -0.25) is 4.68 Å². The van der Waals surface area contributed by atoms with Gasteiger partial charge in [0.1, 0.15) is 6.33 Å². The Kier molecular flexibility index (Phi) is 4.48.